The molecule has 0 atom stereocenters. The highest BCUT2D eigenvalue weighted by Gasteiger charge is 2.25. The Bertz CT molecular complexity index is 982. The standard InChI is InChI=1S/C26H30O4.2C2H6/c1-17(2)30-25-22(16-27)18(3)21(15-23(25)26(4,5)6)13-12-19-8-10-20(11-9-19)14-24(28)29-7;2*1-2/h8-11,15-17H,14H2,1-7H3;2*1-2H3. The van der Waals surface area contributed by atoms with Crippen molar-refractivity contribution in [2.24, 2.45) is 0 Å². The third-order valence-corrected chi connectivity index (χ3v) is 4.74. The molecule has 0 N–H and O–H groups in total. The Morgan fingerprint density at radius 2 is 1.59 bits per heavy atom. The Morgan fingerprint density at radius 3 is 2.03 bits per heavy atom. The van der Waals surface area contributed by atoms with Crippen molar-refractivity contribution in [1.82, 2.24) is 0 Å². The van der Waals surface area contributed by atoms with Crippen LogP contribution in [-0.2, 0) is 21.4 Å². The molecule has 34 heavy (non-hydrogen) atoms. The minimum atomic E-state index is -0.274. The van der Waals surface area contributed by atoms with E-state index in [1.54, 1.807) is 0 Å². The molecule has 2 aromatic carbocycles. The summed E-state index contributed by atoms with van der Waals surface area (Å²) in [4.78, 5) is 23.3. The van der Waals surface area contributed by atoms with Gasteiger partial charge >= 0.3 is 5.97 Å². The number of ether oxygens (including phenoxy) is 2. The zero-order valence-electron chi connectivity index (χ0n) is 22.9. The zero-order chi connectivity index (χ0) is 26.5. The number of benzene rings is 2. The molecule has 2 aromatic rings. The number of rotatable bonds is 5. The molecule has 0 saturated heterocycles. The largest absolute Gasteiger partial charge is 0.490 e. The minimum Gasteiger partial charge on any atom is -0.490 e. The van der Waals surface area contributed by atoms with Crippen LogP contribution in [0.2, 0.25) is 0 Å². The second-order valence-corrected chi connectivity index (χ2v) is 8.57. The quantitative estimate of drug-likeness (QED) is 0.269. The first-order valence-corrected chi connectivity index (χ1v) is 12.0. The smallest absolute Gasteiger partial charge is 0.309 e. The van der Waals surface area contributed by atoms with E-state index in [2.05, 4.69) is 32.6 Å². The highest BCUT2D eigenvalue weighted by atomic mass is 16.5. The summed E-state index contributed by atoms with van der Waals surface area (Å²) in [6.45, 7) is 20.1. The van der Waals surface area contributed by atoms with Crippen molar-refractivity contribution in [3.05, 3.63) is 63.7 Å². The van der Waals surface area contributed by atoms with Gasteiger partial charge in [0.05, 0.1) is 25.2 Å². The van der Waals surface area contributed by atoms with Gasteiger partial charge < -0.3 is 9.47 Å². The van der Waals surface area contributed by atoms with E-state index in [9.17, 15) is 9.59 Å². The number of hydrogen-bond acceptors (Lipinski definition) is 4. The van der Waals surface area contributed by atoms with Crippen molar-refractivity contribution in [2.75, 3.05) is 7.11 Å². The van der Waals surface area contributed by atoms with E-state index in [0.29, 0.717) is 11.3 Å². The molecule has 0 fully saturated rings. The highest BCUT2D eigenvalue weighted by Crippen LogP contribution is 2.37. The predicted molar refractivity (Wildman–Crippen MR) is 142 cm³/mol. The maximum atomic E-state index is 11.9. The normalized spacial score (nSPS) is 10.0. The molecular formula is C30H42O4. The first kappa shape index (κ1) is 30.9. The molecule has 0 unspecified atom stereocenters. The minimum absolute atomic E-state index is 0.0374. The van der Waals surface area contributed by atoms with Gasteiger partial charge in [0.1, 0.15) is 5.75 Å². The molecule has 0 amide bonds. The molecule has 4 heteroatoms. The van der Waals surface area contributed by atoms with E-state index < -0.39 is 0 Å². The fraction of sp³-hybridized carbons (Fsp3) is 0.467. The van der Waals surface area contributed by atoms with Crippen molar-refractivity contribution >= 4 is 12.3 Å². The molecule has 0 aliphatic heterocycles. The van der Waals surface area contributed by atoms with E-state index in [-0.39, 0.29) is 23.9 Å². The molecule has 0 bridgehead atoms. The van der Waals surface area contributed by atoms with Crippen molar-refractivity contribution in [2.45, 2.75) is 87.2 Å². The van der Waals surface area contributed by atoms with Crippen LogP contribution in [0.1, 0.15) is 100 Å². The lowest BCUT2D eigenvalue weighted by atomic mass is 9.82. The topological polar surface area (TPSA) is 52.6 Å². The van der Waals surface area contributed by atoms with Gasteiger partial charge in [0.25, 0.3) is 0 Å². The van der Waals surface area contributed by atoms with E-state index in [1.807, 2.05) is 78.8 Å². The second-order valence-electron chi connectivity index (χ2n) is 8.57. The average Bonchev–Trinajstić information content (AvgIpc) is 2.81. The first-order chi connectivity index (χ1) is 16.1. The summed E-state index contributed by atoms with van der Waals surface area (Å²) in [5.41, 5.74) is 4.62. The van der Waals surface area contributed by atoms with Gasteiger partial charge in [-0.2, -0.15) is 0 Å². The third kappa shape index (κ3) is 9.06. The summed E-state index contributed by atoms with van der Waals surface area (Å²) in [5, 5.41) is 0. The molecule has 0 radical (unpaired) electrons. The van der Waals surface area contributed by atoms with Crippen molar-refractivity contribution in [3.8, 4) is 17.6 Å². The SMILES string of the molecule is CC.CC.COC(=O)Cc1ccc(C#Cc2cc(C(C)(C)C)c(OC(C)C)c(C=O)c2C)cc1. The van der Waals surface area contributed by atoms with Gasteiger partial charge in [-0.15, -0.1) is 0 Å². The summed E-state index contributed by atoms with van der Waals surface area (Å²) in [7, 11) is 1.38. The van der Waals surface area contributed by atoms with Gasteiger partial charge in [-0.25, -0.2) is 0 Å². The van der Waals surface area contributed by atoms with E-state index in [1.165, 1.54) is 7.11 Å². The molecule has 0 saturated carbocycles. The molecule has 0 heterocycles. The van der Waals surface area contributed by atoms with Gasteiger partial charge in [0.2, 0.25) is 0 Å². The van der Waals surface area contributed by atoms with E-state index in [4.69, 9.17) is 9.47 Å². The Kier molecular flexibility index (Phi) is 13.6. The number of hydrogen-bond donors (Lipinski definition) is 0. The number of carbonyl (C=O) groups excluding carboxylic acids is 2. The maximum Gasteiger partial charge on any atom is 0.309 e. The molecular weight excluding hydrogens is 424 g/mol. The van der Waals surface area contributed by atoms with Gasteiger partial charge in [-0.1, -0.05) is 72.4 Å². The van der Waals surface area contributed by atoms with Gasteiger partial charge in [0, 0.05) is 16.7 Å². The van der Waals surface area contributed by atoms with Crippen molar-refractivity contribution in [1.29, 1.82) is 0 Å². The lowest BCUT2D eigenvalue weighted by Crippen LogP contribution is -2.18. The molecule has 0 aliphatic carbocycles. The molecule has 0 aromatic heterocycles. The highest BCUT2D eigenvalue weighted by molar-refractivity contribution is 5.84. The summed E-state index contributed by atoms with van der Waals surface area (Å²) in [6.07, 6.45) is 1.05. The summed E-state index contributed by atoms with van der Waals surface area (Å²) < 4.78 is 10.7. The Morgan fingerprint density at radius 1 is 1.03 bits per heavy atom. The number of methoxy groups -OCH3 is 1. The molecule has 4 nitrogen and oxygen atoms in total. The lowest BCUT2D eigenvalue weighted by molar-refractivity contribution is -0.139. The Labute approximate surface area is 207 Å². The van der Waals surface area contributed by atoms with Crippen LogP contribution in [-0.4, -0.2) is 25.5 Å². The van der Waals surface area contributed by atoms with Crippen molar-refractivity contribution < 1.29 is 19.1 Å². The lowest BCUT2D eigenvalue weighted by Gasteiger charge is -2.26. The first-order valence-electron chi connectivity index (χ1n) is 12.0. The molecule has 0 spiro atoms. The van der Waals surface area contributed by atoms with Crippen LogP contribution in [0, 0.1) is 18.8 Å². The van der Waals surface area contributed by atoms with Crippen LogP contribution >= 0.6 is 0 Å². The molecule has 186 valence electrons. The number of aldehydes is 1. The molecule has 2 rings (SSSR count). The van der Waals surface area contributed by atoms with Crippen LogP contribution in [0.5, 0.6) is 5.75 Å². The van der Waals surface area contributed by atoms with Gasteiger partial charge in [0.15, 0.2) is 6.29 Å². The van der Waals surface area contributed by atoms with Gasteiger partial charge in [-0.05, 0) is 55.5 Å². The number of carbonyl (C=O) groups is 2. The monoisotopic (exact) mass is 466 g/mol. The third-order valence-electron chi connectivity index (χ3n) is 4.74. The van der Waals surface area contributed by atoms with Gasteiger partial charge in [-0.3, -0.25) is 9.59 Å². The zero-order valence-corrected chi connectivity index (χ0v) is 22.9. The summed E-state index contributed by atoms with van der Waals surface area (Å²) in [6, 6.07) is 9.51. The Hall–Kier alpha value is -3.06. The van der Waals surface area contributed by atoms with Crippen LogP contribution < -0.4 is 4.74 Å². The van der Waals surface area contributed by atoms with Crippen LogP contribution in [0.25, 0.3) is 0 Å². The molecule has 0 aliphatic rings. The summed E-state index contributed by atoms with van der Waals surface area (Å²) >= 11 is 0. The fourth-order valence-corrected chi connectivity index (χ4v) is 3.05. The van der Waals surface area contributed by atoms with Crippen LogP contribution in [0.15, 0.2) is 30.3 Å². The van der Waals surface area contributed by atoms with Crippen LogP contribution in [0.4, 0.5) is 0 Å². The Balaban J connectivity index is 0.00000258. The predicted octanol–water partition coefficient (Wildman–Crippen LogP) is 7.06. The van der Waals surface area contributed by atoms with Crippen molar-refractivity contribution in [3.63, 3.8) is 0 Å². The summed E-state index contributed by atoms with van der Waals surface area (Å²) in [5.74, 6) is 6.74. The second kappa shape index (κ2) is 15.0. The van der Waals surface area contributed by atoms with Crippen LogP contribution in [0.3, 0.4) is 0 Å². The number of esters is 1. The van der Waals surface area contributed by atoms with E-state index in [0.717, 1.165) is 34.1 Å². The average molecular weight is 467 g/mol. The van der Waals surface area contributed by atoms with E-state index >= 15 is 0 Å². The maximum absolute atomic E-state index is 11.9. The fourth-order valence-electron chi connectivity index (χ4n) is 3.05.